The van der Waals surface area contributed by atoms with Gasteiger partial charge in [-0.1, -0.05) is 6.07 Å². The Labute approximate surface area is 119 Å². The van der Waals surface area contributed by atoms with Crippen LogP contribution in [0.2, 0.25) is 0 Å². The lowest BCUT2D eigenvalue weighted by molar-refractivity contribution is 0.269. The zero-order valence-electron chi connectivity index (χ0n) is 12.2. The SMILES string of the molecule is COc1c(C)ccc(NCc2cnn(CCO)c2)c1C. The first kappa shape index (κ1) is 14.4. The Kier molecular flexibility index (Phi) is 4.63. The van der Waals surface area contributed by atoms with Crippen LogP contribution in [-0.2, 0) is 13.1 Å². The zero-order valence-corrected chi connectivity index (χ0v) is 12.2. The summed E-state index contributed by atoms with van der Waals surface area (Å²) in [5.41, 5.74) is 4.38. The average Bonchev–Trinajstić information content (AvgIpc) is 2.87. The van der Waals surface area contributed by atoms with Gasteiger partial charge in [0, 0.05) is 29.6 Å². The van der Waals surface area contributed by atoms with Crippen molar-refractivity contribution < 1.29 is 9.84 Å². The van der Waals surface area contributed by atoms with E-state index in [1.807, 2.05) is 32.3 Å². The Morgan fingerprint density at radius 3 is 2.85 bits per heavy atom. The first-order valence-electron chi connectivity index (χ1n) is 6.66. The van der Waals surface area contributed by atoms with Crippen LogP contribution in [0.3, 0.4) is 0 Å². The molecule has 0 radical (unpaired) electrons. The Morgan fingerprint density at radius 2 is 2.15 bits per heavy atom. The highest BCUT2D eigenvalue weighted by molar-refractivity contribution is 5.59. The molecule has 0 bridgehead atoms. The summed E-state index contributed by atoms with van der Waals surface area (Å²) in [4.78, 5) is 0. The smallest absolute Gasteiger partial charge is 0.126 e. The van der Waals surface area contributed by atoms with E-state index in [-0.39, 0.29) is 6.61 Å². The van der Waals surface area contributed by atoms with E-state index in [0.29, 0.717) is 13.1 Å². The number of aryl methyl sites for hydroxylation is 1. The van der Waals surface area contributed by atoms with E-state index in [1.54, 1.807) is 11.8 Å². The summed E-state index contributed by atoms with van der Waals surface area (Å²) in [7, 11) is 1.69. The van der Waals surface area contributed by atoms with Crippen molar-refractivity contribution in [1.29, 1.82) is 0 Å². The third kappa shape index (κ3) is 3.11. The third-order valence-corrected chi connectivity index (χ3v) is 3.31. The molecule has 0 unspecified atom stereocenters. The maximum Gasteiger partial charge on any atom is 0.126 e. The number of hydrogen-bond acceptors (Lipinski definition) is 4. The van der Waals surface area contributed by atoms with Gasteiger partial charge in [0.05, 0.1) is 26.5 Å². The fourth-order valence-electron chi connectivity index (χ4n) is 2.25. The van der Waals surface area contributed by atoms with Gasteiger partial charge < -0.3 is 15.2 Å². The summed E-state index contributed by atoms with van der Waals surface area (Å²) in [6, 6.07) is 4.11. The minimum Gasteiger partial charge on any atom is -0.496 e. The van der Waals surface area contributed by atoms with Crippen molar-refractivity contribution >= 4 is 5.69 Å². The number of aliphatic hydroxyl groups is 1. The number of aliphatic hydroxyl groups excluding tert-OH is 1. The molecule has 0 fully saturated rings. The van der Waals surface area contributed by atoms with Gasteiger partial charge in [-0.05, 0) is 25.5 Å². The number of aromatic nitrogens is 2. The minimum absolute atomic E-state index is 0.100. The van der Waals surface area contributed by atoms with Crippen LogP contribution in [0.25, 0.3) is 0 Å². The normalized spacial score (nSPS) is 10.6. The second-order valence-corrected chi connectivity index (χ2v) is 4.78. The van der Waals surface area contributed by atoms with Gasteiger partial charge >= 0.3 is 0 Å². The number of ether oxygens (including phenoxy) is 1. The maximum atomic E-state index is 8.87. The van der Waals surface area contributed by atoms with Crippen LogP contribution < -0.4 is 10.1 Å². The molecule has 2 aromatic rings. The molecule has 0 aliphatic heterocycles. The van der Waals surface area contributed by atoms with Gasteiger partial charge in [-0.15, -0.1) is 0 Å². The molecular weight excluding hydrogens is 254 g/mol. The number of nitrogens with one attached hydrogen (secondary N) is 1. The van der Waals surface area contributed by atoms with Crippen molar-refractivity contribution in [3.63, 3.8) is 0 Å². The van der Waals surface area contributed by atoms with Crippen molar-refractivity contribution in [3.05, 3.63) is 41.2 Å². The quantitative estimate of drug-likeness (QED) is 0.847. The van der Waals surface area contributed by atoms with Crippen LogP contribution in [0.5, 0.6) is 5.75 Å². The van der Waals surface area contributed by atoms with Gasteiger partial charge in [-0.2, -0.15) is 5.10 Å². The predicted octanol–water partition coefficient (Wildman–Crippen LogP) is 2.11. The number of benzene rings is 1. The molecule has 0 atom stereocenters. The van der Waals surface area contributed by atoms with E-state index in [0.717, 1.165) is 28.1 Å². The second kappa shape index (κ2) is 6.43. The minimum atomic E-state index is 0.100. The van der Waals surface area contributed by atoms with Crippen LogP contribution in [0.4, 0.5) is 5.69 Å². The van der Waals surface area contributed by atoms with Gasteiger partial charge in [0.15, 0.2) is 0 Å². The lowest BCUT2D eigenvalue weighted by atomic mass is 10.1. The zero-order chi connectivity index (χ0) is 14.5. The van der Waals surface area contributed by atoms with Gasteiger partial charge in [-0.25, -0.2) is 0 Å². The lowest BCUT2D eigenvalue weighted by Gasteiger charge is -2.14. The van der Waals surface area contributed by atoms with Crippen molar-refractivity contribution in [2.75, 3.05) is 19.0 Å². The molecular formula is C15H21N3O2. The summed E-state index contributed by atoms with van der Waals surface area (Å²) >= 11 is 0. The fraction of sp³-hybridized carbons (Fsp3) is 0.400. The molecule has 5 nitrogen and oxygen atoms in total. The Balaban J connectivity index is 2.06. The molecule has 2 N–H and O–H groups in total. The number of nitrogens with zero attached hydrogens (tertiary/aromatic N) is 2. The Hall–Kier alpha value is -2.01. The molecule has 1 heterocycles. The summed E-state index contributed by atoms with van der Waals surface area (Å²) < 4.78 is 7.16. The van der Waals surface area contributed by atoms with Crippen LogP contribution >= 0.6 is 0 Å². The van der Waals surface area contributed by atoms with Crippen LogP contribution in [-0.4, -0.2) is 28.6 Å². The number of methoxy groups -OCH3 is 1. The highest BCUT2D eigenvalue weighted by atomic mass is 16.5. The van der Waals surface area contributed by atoms with E-state index < -0.39 is 0 Å². The van der Waals surface area contributed by atoms with Crippen LogP contribution in [0, 0.1) is 13.8 Å². The molecule has 0 amide bonds. The standard InChI is InChI=1S/C15H21N3O2/c1-11-4-5-14(12(2)15(11)20-3)16-8-13-9-17-18(10-13)6-7-19/h4-5,9-10,16,19H,6-8H2,1-3H3. The lowest BCUT2D eigenvalue weighted by Crippen LogP contribution is -2.03. The van der Waals surface area contributed by atoms with E-state index in [2.05, 4.69) is 16.5 Å². The predicted molar refractivity (Wildman–Crippen MR) is 79.1 cm³/mol. The first-order valence-corrected chi connectivity index (χ1v) is 6.66. The molecule has 0 saturated carbocycles. The molecule has 2 rings (SSSR count). The second-order valence-electron chi connectivity index (χ2n) is 4.78. The fourth-order valence-corrected chi connectivity index (χ4v) is 2.25. The third-order valence-electron chi connectivity index (χ3n) is 3.31. The van der Waals surface area contributed by atoms with Gasteiger partial charge in [0.2, 0.25) is 0 Å². The maximum absolute atomic E-state index is 8.87. The van der Waals surface area contributed by atoms with Gasteiger partial charge in [-0.3, -0.25) is 4.68 Å². The average molecular weight is 275 g/mol. The van der Waals surface area contributed by atoms with Gasteiger partial charge in [0.1, 0.15) is 5.75 Å². The molecule has 5 heteroatoms. The molecule has 108 valence electrons. The largest absolute Gasteiger partial charge is 0.496 e. The number of rotatable bonds is 6. The highest BCUT2D eigenvalue weighted by Gasteiger charge is 2.08. The molecule has 20 heavy (non-hydrogen) atoms. The molecule has 0 saturated heterocycles. The van der Waals surface area contributed by atoms with Crippen molar-refractivity contribution in [2.45, 2.75) is 26.9 Å². The molecule has 0 spiro atoms. The van der Waals surface area contributed by atoms with E-state index >= 15 is 0 Å². The Bertz CT molecular complexity index is 578. The first-order chi connectivity index (χ1) is 9.65. The van der Waals surface area contributed by atoms with Crippen LogP contribution in [0.15, 0.2) is 24.5 Å². The Morgan fingerprint density at radius 1 is 1.35 bits per heavy atom. The summed E-state index contributed by atoms with van der Waals surface area (Å²) in [5.74, 6) is 0.922. The topological polar surface area (TPSA) is 59.3 Å². The summed E-state index contributed by atoms with van der Waals surface area (Å²) in [5, 5.41) is 16.4. The summed E-state index contributed by atoms with van der Waals surface area (Å²) in [6.45, 7) is 5.40. The highest BCUT2D eigenvalue weighted by Crippen LogP contribution is 2.29. The van der Waals surface area contributed by atoms with Crippen LogP contribution in [0.1, 0.15) is 16.7 Å². The monoisotopic (exact) mass is 275 g/mol. The van der Waals surface area contributed by atoms with Gasteiger partial charge in [0.25, 0.3) is 0 Å². The molecule has 0 aliphatic rings. The van der Waals surface area contributed by atoms with Crippen molar-refractivity contribution in [1.82, 2.24) is 9.78 Å². The molecule has 1 aromatic heterocycles. The molecule has 0 aliphatic carbocycles. The molecule has 1 aromatic carbocycles. The summed E-state index contributed by atoms with van der Waals surface area (Å²) in [6.07, 6.45) is 3.74. The van der Waals surface area contributed by atoms with E-state index in [1.165, 1.54) is 0 Å². The number of hydrogen-bond donors (Lipinski definition) is 2. The van der Waals surface area contributed by atoms with E-state index in [4.69, 9.17) is 9.84 Å². The van der Waals surface area contributed by atoms with E-state index in [9.17, 15) is 0 Å². The number of anilines is 1. The van der Waals surface area contributed by atoms with Crippen molar-refractivity contribution in [2.24, 2.45) is 0 Å². The van der Waals surface area contributed by atoms with Crippen molar-refractivity contribution in [3.8, 4) is 5.75 Å².